The molecule has 0 spiro atoms. The maximum atomic E-state index is 4.98. The largest absolute Gasteiger partial charge is 0.255 e. The van der Waals surface area contributed by atoms with E-state index >= 15 is 0 Å². The zero-order valence-electron chi connectivity index (χ0n) is 16.2. The Morgan fingerprint density at radius 1 is 0.821 bits per heavy atom. The molecule has 28 heavy (non-hydrogen) atoms. The van der Waals surface area contributed by atoms with E-state index in [9.17, 15) is 0 Å². The van der Waals surface area contributed by atoms with Gasteiger partial charge in [-0.25, -0.2) is 0 Å². The van der Waals surface area contributed by atoms with Crippen LogP contribution in [0.25, 0.3) is 22.0 Å². The van der Waals surface area contributed by atoms with Crippen molar-refractivity contribution in [2.75, 3.05) is 0 Å². The molecular weight excluding hydrogens is 340 g/mol. The van der Waals surface area contributed by atoms with Crippen molar-refractivity contribution in [2.45, 2.75) is 26.2 Å². The van der Waals surface area contributed by atoms with Gasteiger partial charge in [0.2, 0.25) is 0 Å². The summed E-state index contributed by atoms with van der Waals surface area (Å²) in [6.07, 6.45) is 0.958. The highest BCUT2D eigenvalue weighted by Gasteiger charge is 2.25. The van der Waals surface area contributed by atoms with Crippen molar-refractivity contribution in [2.24, 2.45) is 4.99 Å². The fourth-order valence-corrected chi connectivity index (χ4v) is 4.30. The number of rotatable bonds is 2. The highest BCUT2D eigenvalue weighted by molar-refractivity contribution is 6.04. The maximum absolute atomic E-state index is 4.98. The summed E-state index contributed by atoms with van der Waals surface area (Å²) in [7, 11) is 0. The van der Waals surface area contributed by atoms with Gasteiger partial charge in [0.15, 0.2) is 0 Å². The van der Waals surface area contributed by atoms with Gasteiger partial charge in [-0.2, -0.15) is 0 Å². The van der Waals surface area contributed by atoms with Gasteiger partial charge in [0.1, 0.15) is 0 Å². The van der Waals surface area contributed by atoms with Crippen molar-refractivity contribution in [3.05, 3.63) is 95.7 Å². The molecule has 0 saturated carbocycles. The summed E-state index contributed by atoms with van der Waals surface area (Å²) >= 11 is 0. The highest BCUT2D eigenvalue weighted by Crippen LogP contribution is 2.44. The minimum absolute atomic E-state index is 0.334. The van der Waals surface area contributed by atoms with Crippen LogP contribution in [0.1, 0.15) is 36.1 Å². The van der Waals surface area contributed by atoms with Crippen molar-refractivity contribution >= 4 is 22.3 Å². The first-order valence-electron chi connectivity index (χ1n) is 9.79. The number of hydrogen-bond donors (Lipinski definition) is 0. The summed E-state index contributed by atoms with van der Waals surface area (Å²) in [5.74, 6) is 0.334. The molecule has 0 fully saturated rings. The quantitative estimate of drug-likeness (QED) is 0.383. The van der Waals surface area contributed by atoms with Crippen LogP contribution in [-0.2, 0) is 0 Å². The minimum Gasteiger partial charge on any atom is -0.255 e. The Kier molecular flexibility index (Phi) is 4.05. The van der Waals surface area contributed by atoms with E-state index in [0.717, 1.165) is 23.3 Å². The number of nitrogens with zero attached hydrogens (tertiary/aromatic N) is 2. The SMILES string of the molecule is CC1=Nc2c(ccc3c(-c4ccccc4)cc(C)nc23)C(c2ccccc2)C1. The molecule has 1 unspecified atom stereocenters. The molecule has 136 valence electrons. The molecular formula is C26H22N2. The summed E-state index contributed by atoms with van der Waals surface area (Å²) < 4.78 is 0. The first-order valence-corrected chi connectivity index (χ1v) is 9.79. The van der Waals surface area contributed by atoms with Gasteiger partial charge in [-0.15, -0.1) is 0 Å². The lowest BCUT2D eigenvalue weighted by Gasteiger charge is -2.25. The van der Waals surface area contributed by atoms with E-state index in [-0.39, 0.29) is 0 Å². The zero-order valence-corrected chi connectivity index (χ0v) is 16.2. The monoisotopic (exact) mass is 362 g/mol. The number of aliphatic imine (C=N–C) groups is 1. The number of hydrogen-bond acceptors (Lipinski definition) is 2. The smallest absolute Gasteiger partial charge is 0.0970 e. The molecule has 2 nitrogen and oxygen atoms in total. The third-order valence-electron chi connectivity index (χ3n) is 5.58. The fourth-order valence-electron chi connectivity index (χ4n) is 4.30. The molecule has 4 aromatic rings. The lowest BCUT2D eigenvalue weighted by molar-refractivity contribution is 0.838. The Balaban J connectivity index is 1.78. The van der Waals surface area contributed by atoms with Crippen molar-refractivity contribution in [3.63, 3.8) is 0 Å². The Labute approximate surface area is 165 Å². The average molecular weight is 362 g/mol. The Bertz CT molecular complexity index is 1190. The van der Waals surface area contributed by atoms with Gasteiger partial charge in [0, 0.05) is 22.7 Å². The van der Waals surface area contributed by atoms with Crippen LogP contribution in [0.5, 0.6) is 0 Å². The standard InChI is InChI=1S/C26H22N2/c1-17-15-23(19-9-5-3-6-10-19)21-13-14-22-24(20-11-7-4-8-12-20)16-18(2)28-26(22)25(21)27-17/h3-15,24H,16H2,1-2H3. The summed E-state index contributed by atoms with van der Waals surface area (Å²) in [6.45, 7) is 4.20. The average Bonchev–Trinajstić information content (AvgIpc) is 2.74. The molecule has 2 heteroatoms. The number of aryl methyl sites for hydroxylation is 1. The van der Waals surface area contributed by atoms with Crippen molar-refractivity contribution < 1.29 is 0 Å². The van der Waals surface area contributed by atoms with Crippen LogP contribution in [0.15, 0.2) is 83.9 Å². The molecule has 5 rings (SSSR count). The maximum Gasteiger partial charge on any atom is 0.0970 e. The lowest BCUT2D eigenvalue weighted by Crippen LogP contribution is -2.11. The molecule has 1 aliphatic heterocycles. The first-order chi connectivity index (χ1) is 13.7. The third kappa shape index (κ3) is 2.82. The molecule has 1 aliphatic rings. The predicted molar refractivity (Wildman–Crippen MR) is 118 cm³/mol. The molecule has 0 aliphatic carbocycles. The number of aromatic nitrogens is 1. The van der Waals surface area contributed by atoms with Crippen LogP contribution in [0, 0.1) is 6.92 Å². The molecule has 0 amide bonds. The van der Waals surface area contributed by atoms with Gasteiger partial charge in [-0.1, -0.05) is 72.8 Å². The van der Waals surface area contributed by atoms with Crippen LogP contribution in [-0.4, -0.2) is 10.7 Å². The van der Waals surface area contributed by atoms with E-state index in [1.165, 1.54) is 33.4 Å². The second kappa shape index (κ2) is 6.72. The van der Waals surface area contributed by atoms with Crippen LogP contribution in [0.3, 0.4) is 0 Å². The minimum atomic E-state index is 0.334. The second-order valence-corrected chi connectivity index (χ2v) is 7.59. The molecule has 3 aromatic carbocycles. The van der Waals surface area contributed by atoms with Gasteiger partial charge in [-0.05, 0) is 48.6 Å². The van der Waals surface area contributed by atoms with Gasteiger partial charge in [0.05, 0.1) is 11.2 Å². The van der Waals surface area contributed by atoms with E-state index < -0.39 is 0 Å². The van der Waals surface area contributed by atoms with Gasteiger partial charge in [0.25, 0.3) is 0 Å². The number of benzene rings is 3. The van der Waals surface area contributed by atoms with E-state index in [0.29, 0.717) is 5.92 Å². The number of pyridine rings is 1. The van der Waals surface area contributed by atoms with E-state index in [2.05, 4.69) is 92.7 Å². The normalized spacial score (nSPS) is 15.9. The van der Waals surface area contributed by atoms with E-state index in [4.69, 9.17) is 9.98 Å². The molecule has 1 aromatic heterocycles. The summed E-state index contributed by atoms with van der Waals surface area (Å²) in [4.78, 5) is 9.91. The summed E-state index contributed by atoms with van der Waals surface area (Å²) in [5.41, 5.74) is 9.30. The molecule has 0 N–H and O–H groups in total. The Hall–Kier alpha value is -3.26. The predicted octanol–water partition coefficient (Wildman–Crippen LogP) is 6.84. The molecule has 0 bridgehead atoms. The number of fused-ring (bicyclic) bond motifs is 3. The van der Waals surface area contributed by atoms with Crippen LogP contribution < -0.4 is 0 Å². The summed E-state index contributed by atoms with van der Waals surface area (Å²) in [5, 5.41) is 1.17. The lowest BCUT2D eigenvalue weighted by atomic mass is 9.83. The molecule has 2 heterocycles. The van der Waals surface area contributed by atoms with E-state index in [1.807, 2.05) is 0 Å². The third-order valence-corrected chi connectivity index (χ3v) is 5.58. The summed E-state index contributed by atoms with van der Waals surface area (Å²) in [6, 6.07) is 28.0. The van der Waals surface area contributed by atoms with Gasteiger partial charge < -0.3 is 0 Å². The van der Waals surface area contributed by atoms with Crippen molar-refractivity contribution in [1.82, 2.24) is 4.98 Å². The molecule has 0 radical (unpaired) electrons. The van der Waals surface area contributed by atoms with Crippen LogP contribution in [0.2, 0.25) is 0 Å². The zero-order chi connectivity index (χ0) is 19.1. The topological polar surface area (TPSA) is 25.2 Å². The highest BCUT2D eigenvalue weighted by atomic mass is 14.8. The van der Waals surface area contributed by atoms with E-state index in [1.54, 1.807) is 0 Å². The van der Waals surface area contributed by atoms with Gasteiger partial charge in [-0.3, -0.25) is 9.98 Å². The van der Waals surface area contributed by atoms with Crippen LogP contribution in [0.4, 0.5) is 5.69 Å². The Morgan fingerprint density at radius 2 is 1.54 bits per heavy atom. The Morgan fingerprint density at radius 3 is 2.29 bits per heavy atom. The fraction of sp³-hybridized carbons (Fsp3) is 0.154. The van der Waals surface area contributed by atoms with Crippen molar-refractivity contribution in [3.8, 4) is 11.1 Å². The second-order valence-electron chi connectivity index (χ2n) is 7.59. The van der Waals surface area contributed by atoms with Crippen LogP contribution >= 0.6 is 0 Å². The van der Waals surface area contributed by atoms with Gasteiger partial charge >= 0.3 is 0 Å². The molecule has 1 atom stereocenters. The molecule has 0 saturated heterocycles. The first kappa shape index (κ1) is 16.9. The van der Waals surface area contributed by atoms with Crippen molar-refractivity contribution in [1.29, 1.82) is 0 Å².